The SMILES string of the molecule is Cc1c(Br)c(=O)c(C(=O)N[C@H]2COc3ccc(C#Cc4cccnc4)cc3N(C)C2=O)cn1-c1ccccc1. The molecule has 194 valence electrons. The van der Waals surface area contributed by atoms with Crippen LogP contribution in [-0.2, 0) is 4.79 Å². The molecule has 0 fully saturated rings. The highest BCUT2D eigenvalue weighted by Gasteiger charge is 2.32. The Hall–Kier alpha value is -4.68. The van der Waals surface area contributed by atoms with Crippen LogP contribution in [0.5, 0.6) is 5.75 Å². The van der Waals surface area contributed by atoms with Crippen molar-refractivity contribution >= 4 is 33.4 Å². The van der Waals surface area contributed by atoms with Gasteiger partial charge in [0, 0.05) is 48.1 Å². The van der Waals surface area contributed by atoms with Crippen molar-refractivity contribution in [3.63, 3.8) is 0 Å². The third-order valence-corrected chi connectivity index (χ3v) is 7.27. The molecule has 2 aromatic heterocycles. The Kier molecular flexibility index (Phi) is 7.30. The van der Waals surface area contributed by atoms with Gasteiger partial charge >= 0.3 is 0 Å². The zero-order valence-electron chi connectivity index (χ0n) is 21.1. The number of rotatable bonds is 3. The first-order chi connectivity index (χ1) is 18.8. The van der Waals surface area contributed by atoms with E-state index in [1.165, 1.54) is 11.1 Å². The number of aromatic nitrogens is 2. The van der Waals surface area contributed by atoms with E-state index in [0.717, 1.165) is 11.3 Å². The Balaban J connectivity index is 1.39. The lowest BCUT2D eigenvalue weighted by atomic mass is 10.1. The fourth-order valence-electron chi connectivity index (χ4n) is 4.19. The predicted molar refractivity (Wildman–Crippen MR) is 151 cm³/mol. The van der Waals surface area contributed by atoms with Crippen LogP contribution in [-0.4, -0.2) is 41.1 Å². The van der Waals surface area contributed by atoms with E-state index in [-0.39, 0.29) is 22.6 Å². The average Bonchev–Trinajstić information content (AvgIpc) is 3.08. The second-order valence-corrected chi connectivity index (χ2v) is 9.68. The van der Waals surface area contributed by atoms with Crippen LogP contribution in [0.4, 0.5) is 5.69 Å². The van der Waals surface area contributed by atoms with Crippen LogP contribution >= 0.6 is 15.9 Å². The molecule has 0 saturated carbocycles. The van der Waals surface area contributed by atoms with Crippen molar-refractivity contribution in [1.82, 2.24) is 14.9 Å². The Morgan fingerprint density at radius 3 is 2.59 bits per heavy atom. The monoisotopic (exact) mass is 582 g/mol. The van der Waals surface area contributed by atoms with Crippen LogP contribution in [0.2, 0.25) is 0 Å². The molecule has 0 saturated heterocycles. The van der Waals surface area contributed by atoms with Gasteiger partial charge in [0.1, 0.15) is 24.0 Å². The highest BCUT2D eigenvalue weighted by atomic mass is 79.9. The van der Waals surface area contributed by atoms with Gasteiger partial charge in [0.05, 0.1) is 10.2 Å². The Labute approximate surface area is 233 Å². The lowest BCUT2D eigenvalue weighted by Gasteiger charge is -2.21. The molecule has 4 aromatic rings. The van der Waals surface area contributed by atoms with E-state index in [1.807, 2.05) is 42.5 Å². The first-order valence-electron chi connectivity index (χ1n) is 12.1. The molecule has 9 heteroatoms. The summed E-state index contributed by atoms with van der Waals surface area (Å²) < 4.78 is 7.92. The Morgan fingerprint density at radius 1 is 1.08 bits per heavy atom. The maximum absolute atomic E-state index is 13.4. The van der Waals surface area contributed by atoms with Crippen LogP contribution in [0.1, 0.15) is 27.2 Å². The van der Waals surface area contributed by atoms with Gasteiger partial charge in [0.2, 0.25) is 5.43 Å². The number of benzene rings is 2. The number of amides is 2. The molecular weight excluding hydrogens is 560 g/mol. The van der Waals surface area contributed by atoms with E-state index in [9.17, 15) is 14.4 Å². The molecule has 1 N–H and O–H groups in total. The minimum Gasteiger partial charge on any atom is -0.489 e. The molecule has 1 aliphatic rings. The minimum atomic E-state index is -1.01. The molecular formula is C30H23BrN4O4. The lowest BCUT2D eigenvalue weighted by molar-refractivity contribution is -0.120. The van der Waals surface area contributed by atoms with E-state index in [0.29, 0.717) is 22.7 Å². The molecule has 0 aliphatic carbocycles. The molecule has 0 spiro atoms. The summed E-state index contributed by atoms with van der Waals surface area (Å²) in [5.74, 6) is 5.55. The van der Waals surface area contributed by atoms with Crippen molar-refractivity contribution in [2.45, 2.75) is 13.0 Å². The number of nitrogens with one attached hydrogen (secondary N) is 1. The first-order valence-corrected chi connectivity index (χ1v) is 12.9. The molecule has 39 heavy (non-hydrogen) atoms. The number of anilines is 1. The number of hydrogen-bond donors (Lipinski definition) is 1. The third kappa shape index (κ3) is 5.33. The van der Waals surface area contributed by atoms with Crippen molar-refractivity contribution in [2.24, 2.45) is 0 Å². The number of likely N-dealkylation sites (N-methyl/N-ethyl adjacent to an activating group) is 1. The van der Waals surface area contributed by atoms with E-state index in [1.54, 1.807) is 49.1 Å². The van der Waals surface area contributed by atoms with Gasteiger partial charge in [-0.15, -0.1) is 0 Å². The number of ether oxygens (including phenoxy) is 1. The summed E-state index contributed by atoms with van der Waals surface area (Å²) in [5.41, 5.74) is 2.86. The Bertz CT molecular complexity index is 1690. The van der Waals surface area contributed by atoms with Gasteiger partial charge < -0.3 is 19.5 Å². The zero-order chi connectivity index (χ0) is 27.5. The molecule has 1 atom stereocenters. The number of fused-ring (bicyclic) bond motifs is 1. The summed E-state index contributed by atoms with van der Waals surface area (Å²) in [4.78, 5) is 45.1. The highest BCUT2D eigenvalue weighted by molar-refractivity contribution is 9.10. The normalized spacial score (nSPS) is 14.4. The van der Waals surface area contributed by atoms with Gasteiger partial charge in [-0.05, 0) is 65.3 Å². The largest absolute Gasteiger partial charge is 0.489 e. The van der Waals surface area contributed by atoms with Crippen LogP contribution in [0.3, 0.4) is 0 Å². The molecule has 1 aliphatic heterocycles. The number of halogens is 1. The van der Waals surface area contributed by atoms with Crippen LogP contribution in [0, 0.1) is 18.8 Å². The quantitative estimate of drug-likeness (QED) is 0.370. The van der Waals surface area contributed by atoms with Crippen molar-refractivity contribution < 1.29 is 14.3 Å². The third-order valence-electron chi connectivity index (χ3n) is 6.33. The molecule has 3 heterocycles. The molecule has 0 radical (unpaired) electrons. The summed E-state index contributed by atoms with van der Waals surface area (Å²) in [6, 6.07) is 17.3. The standard InChI is InChI=1S/C30H23BrN4O4/c1-19-27(31)28(36)23(17-35(19)22-8-4-3-5-9-22)29(37)33-24-18-39-26-13-12-20(15-25(26)34(2)30(24)38)10-11-21-7-6-14-32-16-21/h3-9,12-17,24H,18H2,1-2H3,(H,33,37)/t24-/m0/s1. The summed E-state index contributed by atoms with van der Waals surface area (Å²) in [5, 5.41) is 2.69. The molecule has 2 aromatic carbocycles. The van der Waals surface area contributed by atoms with Crippen molar-refractivity contribution in [2.75, 3.05) is 18.6 Å². The van der Waals surface area contributed by atoms with Gasteiger partial charge in [0.15, 0.2) is 0 Å². The topological polar surface area (TPSA) is 93.5 Å². The van der Waals surface area contributed by atoms with E-state index in [4.69, 9.17) is 4.74 Å². The van der Waals surface area contributed by atoms with Crippen molar-refractivity contribution in [3.8, 4) is 23.3 Å². The van der Waals surface area contributed by atoms with E-state index in [2.05, 4.69) is 38.1 Å². The van der Waals surface area contributed by atoms with E-state index >= 15 is 0 Å². The highest BCUT2D eigenvalue weighted by Crippen LogP contribution is 2.31. The lowest BCUT2D eigenvalue weighted by Crippen LogP contribution is -2.50. The number of para-hydroxylation sites is 1. The number of pyridine rings is 2. The Morgan fingerprint density at radius 2 is 1.85 bits per heavy atom. The average molecular weight is 583 g/mol. The van der Waals surface area contributed by atoms with Crippen LogP contribution in [0.25, 0.3) is 5.69 Å². The van der Waals surface area contributed by atoms with Gasteiger partial charge in [-0.1, -0.05) is 30.0 Å². The maximum atomic E-state index is 13.4. The smallest absolute Gasteiger partial charge is 0.257 e. The fourth-order valence-corrected chi connectivity index (χ4v) is 4.59. The zero-order valence-corrected chi connectivity index (χ0v) is 22.7. The molecule has 8 nitrogen and oxygen atoms in total. The molecule has 5 rings (SSSR count). The van der Waals surface area contributed by atoms with Gasteiger partial charge in [-0.2, -0.15) is 0 Å². The summed E-state index contributed by atoms with van der Waals surface area (Å²) >= 11 is 3.33. The minimum absolute atomic E-state index is 0.0947. The van der Waals surface area contributed by atoms with Gasteiger partial charge in [-0.25, -0.2) is 0 Å². The maximum Gasteiger partial charge on any atom is 0.257 e. The second-order valence-electron chi connectivity index (χ2n) is 8.89. The summed E-state index contributed by atoms with van der Waals surface area (Å²) in [7, 11) is 1.61. The van der Waals surface area contributed by atoms with Crippen LogP contribution < -0.4 is 20.4 Å². The van der Waals surface area contributed by atoms with Gasteiger partial charge in [0.25, 0.3) is 11.8 Å². The van der Waals surface area contributed by atoms with Crippen LogP contribution in [0.15, 0.2) is 88.5 Å². The van der Waals surface area contributed by atoms with Gasteiger partial charge in [-0.3, -0.25) is 19.4 Å². The van der Waals surface area contributed by atoms with Crippen molar-refractivity contribution in [3.05, 3.63) is 116 Å². The predicted octanol–water partition coefficient (Wildman–Crippen LogP) is 3.86. The van der Waals surface area contributed by atoms with Crippen molar-refractivity contribution in [1.29, 1.82) is 0 Å². The first kappa shape index (κ1) is 25.9. The number of nitrogens with zero attached hydrogens (tertiary/aromatic N) is 3. The summed E-state index contributed by atoms with van der Waals surface area (Å²) in [6.07, 6.45) is 4.84. The fraction of sp³-hybridized carbons (Fsp3) is 0.133. The second kappa shape index (κ2) is 11.0. The number of carbonyl (C=O) groups is 2. The number of hydrogen-bond acceptors (Lipinski definition) is 5. The summed E-state index contributed by atoms with van der Waals surface area (Å²) in [6.45, 7) is 1.69. The molecule has 2 amide bonds. The van der Waals surface area contributed by atoms with E-state index < -0.39 is 17.4 Å². The molecule has 0 bridgehead atoms. The molecule has 0 unspecified atom stereocenters. The number of carbonyl (C=O) groups excluding carboxylic acids is 2.